The lowest BCUT2D eigenvalue weighted by Crippen LogP contribution is -2.38. The van der Waals surface area contributed by atoms with Crippen molar-refractivity contribution in [3.63, 3.8) is 0 Å². The first-order chi connectivity index (χ1) is 17.2. The first kappa shape index (κ1) is 26.3. The molecule has 0 radical (unpaired) electrons. The number of hydrogen-bond acceptors (Lipinski definition) is 7. The number of methoxy groups -OCH3 is 2. The fourth-order valence-corrected chi connectivity index (χ4v) is 8.78. The molecule has 10 heteroatoms. The highest BCUT2D eigenvalue weighted by Crippen LogP contribution is 2.42. The van der Waals surface area contributed by atoms with Crippen LogP contribution >= 0.6 is 11.8 Å². The molecule has 194 valence electrons. The topological polar surface area (TPSA) is 88.5 Å². The zero-order chi connectivity index (χ0) is 26.0. The van der Waals surface area contributed by atoms with Gasteiger partial charge in [-0.3, -0.25) is 4.79 Å². The number of ether oxygens (including phenoxy) is 2. The molecule has 36 heavy (non-hydrogen) atoms. The molecule has 0 aromatic heterocycles. The van der Waals surface area contributed by atoms with Gasteiger partial charge in [-0.15, -0.1) is 0 Å². The van der Waals surface area contributed by atoms with E-state index in [9.17, 15) is 13.2 Å². The van der Waals surface area contributed by atoms with Gasteiger partial charge in [-0.25, -0.2) is 8.42 Å². The molecule has 2 aromatic carbocycles. The zero-order valence-corrected chi connectivity index (χ0v) is 23.0. The second-order valence-corrected chi connectivity index (χ2v) is 12.3. The highest BCUT2D eigenvalue weighted by atomic mass is 32.2. The summed E-state index contributed by atoms with van der Waals surface area (Å²) in [5.74, 6) is 1.00. The van der Waals surface area contributed by atoms with E-state index in [-0.39, 0.29) is 35.1 Å². The number of anilines is 2. The molecule has 2 unspecified atom stereocenters. The molecular weight excluding hydrogens is 498 g/mol. The predicted octanol–water partition coefficient (Wildman–Crippen LogP) is 3.70. The molecule has 2 atom stereocenters. The Bertz CT molecular complexity index is 1270. The largest absolute Gasteiger partial charge is 0.493 e. The van der Waals surface area contributed by atoms with Crippen molar-refractivity contribution in [1.82, 2.24) is 0 Å². The minimum Gasteiger partial charge on any atom is -0.493 e. The third-order valence-corrected chi connectivity index (χ3v) is 9.87. The molecule has 2 aliphatic heterocycles. The van der Waals surface area contributed by atoms with Gasteiger partial charge in [-0.1, -0.05) is 17.8 Å². The second-order valence-electron chi connectivity index (χ2n) is 8.97. The molecule has 0 saturated carbocycles. The fraction of sp³-hybridized carbons (Fsp3) is 0.462. The third kappa shape index (κ3) is 5.34. The molecular formula is C26H33N3O5S2. The van der Waals surface area contributed by atoms with E-state index in [2.05, 4.69) is 35.9 Å². The van der Waals surface area contributed by atoms with E-state index in [0.29, 0.717) is 16.7 Å². The van der Waals surface area contributed by atoms with Crippen LogP contribution in [0.2, 0.25) is 0 Å². The van der Waals surface area contributed by atoms with E-state index in [1.165, 1.54) is 11.8 Å². The summed E-state index contributed by atoms with van der Waals surface area (Å²) in [6.45, 7) is 8.05. The van der Waals surface area contributed by atoms with Crippen molar-refractivity contribution < 1.29 is 22.7 Å². The maximum Gasteiger partial charge on any atom is 0.252 e. The van der Waals surface area contributed by atoms with Crippen LogP contribution in [0, 0.1) is 6.92 Å². The Hall–Kier alpha value is -2.72. The van der Waals surface area contributed by atoms with Crippen LogP contribution in [0.4, 0.5) is 11.4 Å². The molecule has 1 amide bonds. The molecule has 2 fully saturated rings. The smallest absolute Gasteiger partial charge is 0.252 e. The van der Waals surface area contributed by atoms with Crippen LogP contribution in [-0.4, -0.2) is 69.6 Å². The van der Waals surface area contributed by atoms with E-state index < -0.39 is 9.84 Å². The lowest BCUT2D eigenvalue weighted by Gasteiger charge is -2.28. The second kappa shape index (κ2) is 10.7. The van der Waals surface area contributed by atoms with Gasteiger partial charge in [-0.2, -0.15) is 4.99 Å². The van der Waals surface area contributed by atoms with Gasteiger partial charge in [0.2, 0.25) is 0 Å². The van der Waals surface area contributed by atoms with Gasteiger partial charge in [0.25, 0.3) is 5.91 Å². The van der Waals surface area contributed by atoms with Gasteiger partial charge in [-0.05, 0) is 62.2 Å². The van der Waals surface area contributed by atoms with Crippen molar-refractivity contribution >= 4 is 44.0 Å². The number of aryl methyl sites for hydroxylation is 1. The van der Waals surface area contributed by atoms with E-state index in [4.69, 9.17) is 9.47 Å². The highest BCUT2D eigenvalue weighted by Gasteiger charge is 2.49. The molecule has 4 rings (SSSR count). The fourth-order valence-electron chi connectivity index (χ4n) is 4.85. The molecule has 0 N–H and O–H groups in total. The van der Waals surface area contributed by atoms with Crippen LogP contribution in [0.1, 0.15) is 25.0 Å². The van der Waals surface area contributed by atoms with E-state index in [1.807, 2.05) is 24.0 Å². The summed E-state index contributed by atoms with van der Waals surface area (Å²) in [6.07, 6.45) is 0.103. The van der Waals surface area contributed by atoms with Crippen molar-refractivity contribution in [2.24, 2.45) is 4.99 Å². The van der Waals surface area contributed by atoms with Gasteiger partial charge >= 0.3 is 0 Å². The molecule has 0 spiro atoms. The SMILES string of the molecule is CCN(CC)c1ccc(N2C(=NC(=O)Cc3ccc(OC)c(OC)c3)SC3CS(=O)(=O)CC32)c(C)c1. The monoisotopic (exact) mass is 531 g/mol. The number of fused-ring (bicyclic) bond motifs is 1. The van der Waals surface area contributed by atoms with Gasteiger partial charge in [0.05, 0.1) is 38.2 Å². The van der Waals surface area contributed by atoms with E-state index in [1.54, 1.807) is 26.4 Å². The number of carbonyl (C=O) groups is 1. The van der Waals surface area contributed by atoms with Gasteiger partial charge in [0.15, 0.2) is 26.5 Å². The number of nitrogens with zero attached hydrogens (tertiary/aromatic N) is 3. The summed E-state index contributed by atoms with van der Waals surface area (Å²) in [5, 5.41) is 0.411. The lowest BCUT2D eigenvalue weighted by atomic mass is 10.1. The molecule has 8 nitrogen and oxygen atoms in total. The Morgan fingerprint density at radius 1 is 1.08 bits per heavy atom. The Kier molecular flexibility index (Phi) is 7.85. The molecule has 2 saturated heterocycles. The summed E-state index contributed by atoms with van der Waals surface area (Å²) in [4.78, 5) is 21.7. The number of sulfone groups is 1. The number of rotatable bonds is 8. The predicted molar refractivity (Wildman–Crippen MR) is 147 cm³/mol. The lowest BCUT2D eigenvalue weighted by molar-refractivity contribution is -0.117. The minimum atomic E-state index is -3.14. The Morgan fingerprint density at radius 3 is 2.44 bits per heavy atom. The maximum absolute atomic E-state index is 13.0. The van der Waals surface area contributed by atoms with Crippen molar-refractivity contribution in [2.45, 2.75) is 38.5 Å². The summed E-state index contributed by atoms with van der Waals surface area (Å²) in [5.41, 5.74) is 3.79. The first-order valence-electron chi connectivity index (χ1n) is 12.0. The summed E-state index contributed by atoms with van der Waals surface area (Å²) < 4.78 is 35.5. The number of benzene rings is 2. The molecule has 0 aliphatic carbocycles. The van der Waals surface area contributed by atoms with Crippen molar-refractivity contribution in [3.8, 4) is 11.5 Å². The van der Waals surface area contributed by atoms with Crippen LogP contribution in [-0.2, 0) is 21.1 Å². The van der Waals surface area contributed by atoms with Crippen molar-refractivity contribution in [1.29, 1.82) is 0 Å². The minimum absolute atomic E-state index is 0.0603. The van der Waals surface area contributed by atoms with Gasteiger partial charge in [0.1, 0.15) is 0 Å². The third-order valence-electron chi connectivity index (χ3n) is 6.66. The van der Waals surface area contributed by atoms with Crippen molar-refractivity contribution in [2.75, 3.05) is 48.6 Å². The number of aliphatic imine (C=N–C) groups is 1. The van der Waals surface area contributed by atoms with Crippen LogP contribution in [0.3, 0.4) is 0 Å². The summed E-state index contributed by atoms with van der Waals surface area (Å²) in [7, 11) is -0.0233. The molecule has 2 aliphatic rings. The number of hydrogen-bond donors (Lipinski definition) is 0. The quantitative estimate of drug-likeness (QED) is 0.510. The van der Waals surface area contributed by atoms with Crippen LogP contribution in [0.15, 0.2) is 41.4 Å². The molecule has 2 aromatic rings. The van der Waals surface area contributed by atoms with Crippen LogP contribution in [0.5, 0.6) is 11.5 Å². The summed E-state index contributed by atoms with van der Waals surface area (Å²) >= 11 is 1.39. The normalized spacial score (nSPS) is 21.5. The average molecular weight is 532 g/mol. The standard InChI is InChI=1S/C26H33N3O5S2/c1-6-28(7-2)19-9-10-20(17(3)12-19)29-21-15-36(31,32)16-24(21)35-26(29)27-25(30)14-18-8-11-22(33-4)23(13-18)34-5/h8-13,21,24H,6-7,14-16H2,1-5H3. The number of carbonyl (C=O) groups excluding carboxylic acids is 1. The Morgan fingerprint density at radius 2 is 1.81 bits per heavy atom. The van der Waals surface area contributed by atoms with Crippen LogP contribution < -0.4 is 19.3 Å². The first-order valence-corrected chi connectivity index (χ1v) is 14.7. The average Bonchev–Trinajstić information content (AvgIpc) is 3.30. The number of amides is 1. The zero-order valence-electron chi connectivity index (χ0n) is 21.4. The van der Waals surface area contributed by atoms with Gasteiger partial charge < -0.3 is 19.3 Å². The van der Waals surface area contributed by atoms with Crippen molar-refractivity contribution in [3.05, 3.63) is 47.5 Å². The van der Waals surface area contributed by atoms with Gasteiger partial charge in [0, 0.05) is 29.7 Å². The van der Waals surface area contributed by atoms with Crippen LogP contribution in [0.25, 0.3) is 0 Å². The Labute approximate surface area is 217 Å². The maximum atomic E-state index is 13.0. The highest BCUT2D eigenvalue weighted by molar-refractivity contribution is 8.16. The van der Waals surface area contributed by atoms with E-state index in [0.717, 1.165) is 35.6 Å². The number of amidine groups is 1. The number of thioether (sulfide) groups is 1. The molecule has 0 bridgehead atoms. The molecule has 2 heterocycles. The summed E-state index contributed by atoms with van der Waals surface area (Å²) in [6, 6.07) is 11.3. The Balaban J connectivity index is 1.65. The van der Waals surface area contributed by atoms with E-state index >= 15 is 0 Å².